The topological polar surface area (TPSA) is 59.4 Å². The zero-order valence-corrected chi connectivity index (χ0v) is 12.1. The second-order valence-electron chi connectivity index (χ2n) is 4.07. The highest BCUT2D eigenvalue weighted by Crippen LogP contribution is 2.37. The molecule has 0 unspecified atom stereocenters. The lowest BCUT2D eigenvalue weighted by molar-refractivity contribution is -0.131. The van der Waals surface area contributed by atoms with Crippen LogP contribution in [0, 0.1) is 6.92 Å². The lowest BCUT2D eigenvalue weighted by atomic mass is 10.2. The third-order valence-electron chi connectivity index (χ3n) is 2.56. The summed E-state index contributed by atoms with van der Waals surface area (Å²) in [6.45, 7) is 1.93. The quantitative estimate of drug-likeness (QED) is 0.871. The SMILES string of the molecule is Cc1ccc2c(Cl)cc(Cl)c(OCC=CC(=O)O)c2n1. The van der Waals surface area contributed by atoms with Crippen molar-refractivity contribution in [3.8, 4) is 5.75 Å². The lowest BCUT2D eigenvalue weighted by Gasteiger charge is -2.11. The number of carboxylic acid groups (broad SMARTS) is 1. The molecule has 0 spiro atoms. The summed E-state index contributed by atoms with van der Waals surface area (Å²) >= 11 is 12.2. The molecule has 0 aliphatic rings. The van der Waals surface area contributed by atoms with Gasteiger partial charge >= 0.3 is 5.97 Å². The summed E-state index contributed by atoms with van der Waals surface area (Å²) < 4.78 is 5.51. The summed E-state index contributed by atoms with van der Waals surface area (Å²) in [6, 6.07) is 5.27. The number of aliphatic carboxylic acids is 1. The van der Waals surface area contributed by atoms with Gasteiger partial charge in [-0.05, 0) is 31.2 Å². The van der Waals surface area contributed by atoms with Gasteiger partial charge in [-0.25, -0.2) is 9.78 Å². The van der Waals surface area contributed by atoms with Crippen LogP contribution in [0.2, 0.25) is 10.0 Å². The highest BCUT2D eigenvalue weighted by molar-refractivity contribution is 6.39. The molecule has 0 radical (unpaired) electrons. The molecule has 0 saturated heterocycles. The fourth-order valence-corrected chi connectivity index (χ4v) is 2.28. The van der Waals surface area contributed by atoms with Gasteiger partial charge in [0, 0.05) is 17.2 Å². The largest absolute Gasteiger partial charge is 0.486 e. The minimum Gasteiger partial charge on any atom is -0.486 e. The van der Waals surface area contributed by atoms with Gasteiger partial charge in [0.15, 0.2) is 5.75 Å². The Morgan fingerprint density at radius 3 is 2.85 bits per heavy atom. The van der Waals surface area contributed by atoms with E-state index in [0.717, 1.165) is 17.2 Å². The number of nitrogens with zero attached hydrogens (tertiary/aromatic N) is 1. The number of hydrogen-bond donors (Lipinski definition) is 1. The van der Waals surface area contributed by atoms with E-state index < -0.39 is 5.97 Å². The average Bonchev–Trinajstić information content (AvgIpc) is 2.36. The Kier molecular flexibility index (Phi) is 4.47. The predicted octanol–water partition coefficient (Wildman–Crippen LogP) is 3.87. The highest BCUT2D eigenvalue weighted by atomic mass is 35.5. The molecule has 0 aliphatic carbocycles. The third kappa shape index (κ3) is 3.21. The molecular weight excluding hydrogens is 301 g/mol. The van der Waals surface area contributed by atoms with E-state index in [1.165, 1.54) is 6.08 Å². The molecule has 0 atom stereocenters. The molecule has 0 bridgehead atoms. The monoisotopic (exact) mass is 311 g/mol. The van der Waals surface area contributed by atoms with E-state index in [1.807, 2.05) is 19.1 Å². The van der Waals surface area contributed by atoms with E-state index in [-0.39, 0.29) is 6.61 Å². The molecule has 0 saturated carbocycles. The van der Waals surface area contributed by atoms with Crippen molar-refractivity contribution in [3.63, 3.8) is 0 Å². The van der Waals surface area contributed by atoms with Crippen LogP contribution in [0.1, 0.15) is 5.69 Å². The van der Waals surface area contributed by atoms with Gasteiger partial charge in [0.25, 0.3) is 0 Å². The molecule has 0 amide bonds. The van der Waals surface area contributed by atoms with Gasteiger partial charge in [-0.1, -0.05) is 23.2 Å². The molecule has 4 nitrogen and oxygen atoms in total. The van der Waals surface area contributed by atoms with Gasteiger partial charge in [0.1, 0.15) is 12.1 Å². The van der Waals surface area contributed by atoms with Crippen molar-refractivity contribution in [1.29, 1.82) is 0 Å². The number of hydrogen-bond acceptors (Lipinski definition) is 3. The minimum absolute atomic E-state index is 0.0817. The van der Waals surface area contributed by atoms with E-state index in [2.05, 4.69) is 4.98 Å². The van der Waals surface area contributed by atoms with Crippen LogP contribution in [0.4, 0.5) is 0 Å². The number of halogens is 2. The lowest BCUT2D eigenvalue weighted by Crippen LogP contribution is -1.98. The van der Waals surface area contributed by atoms with E-state index >= 15 is 0 Å². The number of rotatable bonds is 4. The molecule has 6 heteroatoms. The second kappa shape index (κ2) is 6.11. The van der Waals surface area contributed by atoms with Gasteiger partial charge < -0.3 is 9.84 Å². The van der Waals surface area contributed by atoms with Crippen LogP contribution in [0.25, 0.3) is 10.9 Å². The first-order chi connectivity index (χ1) is 9.49. The molecule has 1 aromatic carbocycles. The Morgan fingerprint density at radius 2 is 2.15 bits per heavy atom. The second-order valence-corrected chi connectivity index (χ2v) is 4.88. The van der Waals surface area contributed by atoms with Gasteiger partial charge in [-0.15, -0.1) is 0 Å². The van der Waals surface area contributed by atoms with Crippen molar-refractivity contribution < 1.29 is 14.6 Å². The Balaban J connectivity index is 2.41. The van der Waals surface area contributed by atoms with Crippen LogP contribution in [-0.2, 0) is 4.79 Å². The summed E-state index contributed by atoms with van der Waals surface area (Å²) in [5.41, 5.74) is 1.37. The van der Waals surface area contributed by atoms with Gasteiger partial charge in [0.05, 0.1) is 10.0 Å². The predicted molar refractivity (Wildman–Crippen MR) is 78.8 cm³/mol. The molecule has 1 heterocycles. The van der Waals surface area contributed by atoms with Crippen LogP contribution in [0.3, 0.4) is 0 Å². The van der Waals surface area contributed by atoms with Crippen molar-refractivity contribution in [3.05, 3.63) is 46.1 Å². The average molecular weight is 312 g/mol. The number of aryl methyl sites for hydroxylation is 1. The maximum atomic E-state index is 10.4. The summed E-state index contributed by atoms with van der Waals surface area (Å²) in [5.74, 6) is -0.639. The molecule has 104 valence electrons. The summed E-state index contributed by atoms with van der Waals surface area (Å²) in [5, 5.41) is 10.1. The van der Waals surface area contributed by atoms with E-state index in [9.17, 15) is 4.79 Å². The molecule has 0 fully saturated rings. The smallest absolute Gasteiger partial charge is 0.328 e. The number of fused-ring (bicyclic) bond motifs is 1. The first kappa shape index (κ1) is 14.6. The standard InChI is InChI=1S/C14H11Cl2NO3/c1-8-4-5-9-10(15)7-11(16)14(13(9)17-8)20-6-2-3-12(18)19/h2-5,7H,6H2,1H3,(H,18,19). The van der Waals surface area contributed by atoms with Crippen molar-refractivity contribution in [2.75, 3.05) is 6.61 Å². The summed E-state index contributed by atoms with van der Waals surface area (Å²) in [7, 11) is 0. The Hall–Kier alpha value is -1.78. The molecule has 20 heavy (non-hydrogen) atoms. The van der Waals surface area contributed by atoms with Crippen LogP contribution < -0.4 is 4.74 Å². The van der Waals surface area contributed by atoms with Crippen molar-refractivity contribution in [2.24, 2.45) is 0 Å². The zero-order valence-electron chi connectivity index (χ0n) is 10.6. The van der Waals surface area contributed by atoms with Crippen LogP contribution in [0.5, 0.6) is 5.75 Å². The Labute approximate surface area is 125 Å². The van der Waals surface area contributed by atoms with E-state index in [0.29, 0.717) is 21.3 Å². The van der Waals surface area contributed by atoms with E-state index in [1.54, 1.807) is 6.07 Å². The number of carbonyl (C=O) groups is 1. The van der Waals surface area contributed by atoms with Crippen LogP contribution in [-0.4, -0.2) is 22.7 Å². The molecular formula is C14H11Cl2NO3. The molecule has 0 aliphatic heterocycles. The van der Waals surface area contributed by atoms with Gasteiger partial charge in [-0.2, -0.15) is 0 Å². The molecule has 1 N–H and O–H groups in total. The van der Waals surface area contributed by atoms with Gasteiger partial charge in [0.2, 0.25) is 0 Å². The number of carboxylic acids is 1. The molecule has 2 aromatic rings. The number of ether oxygens (including phenoxy) is 1. The molecule has 1 aromatic heterocycles. The van der Waals surface area contributed by atoms with Crippen LogP contribution in [0.15, 0.2) is 30.4 Å². The van der Waals surface area contributed by atoms with Crippen molar-refractivity contribution in [2.45, 2.75) is 6.92 Å². The van der Waals surface area contributed by atoms with Crippen LogP contribution >= 0.6 is 23.2 Å². The Morgan fingerprint density at radius 1 is 1.40 bits per heavy atom. The number of aromatic nitrogens is 1. The molecule has 2 rings (SSSR count). The zero-order chi connectivity index (χ0) is 14.7. The maximum absolute atomic E-state index is 10.4. The summed E-state index contributed by atoms with van der Waals surface area (Å²) in [6.07, 6.45) is 2.39. The number of benzene rings is 1. The normalized spacial score (nSPS) is 11.2. The van der Waals surface area contributed by atoms with Gasteiger partial charge in [-0.3, -0.25) is 0 Å². The number of pyridine rings is 1. The van der Waals surface area contributed by atoms with Crippen molar-refractivity contribution >= 4 is 40.1 Å². The Bertz CT molecular complexity index is 698. The fourth-order valence-electron chi connectivity index (χ4n) is 1.71. The van der Waals surface area contributed by atoms with Crippen molar-refractivity contribution in [1.82, 2.24) is 4.98 Å². The summed E-state index contributed by atoms with van der Waals surface area (Å²) in [4.78, 5) is 14.8. The first-order valence-electron chi connectivity index (χ1n) is 5.76. The maximum Gasteiger partial charge on any atom is 0.328 e. The third-order valence-corrected chi connectivity index (χ3v) is 3.16. The fraction of sp³-hybridized carbons (Fsp3) is 0.143. The van der Waals surface area contributed by atoms with E-state index in [4.69, 9.17) is 33.0 Å². The minimum atomic E-state index is -1.03. The highest BCUT2D eigenvalue weighted by Gasteiger charge is 2.12. The first-order valence-corrected chi connectivity index (χ1v) is 6.52.